The van der Waals surface area contributed by atoms with Gasteiger partial charge < -0.3 is 0 Å². The van der Waals surface area contributed by atoms with Gasteiger partial charge in [0.15, 0.2) is 0 Å². The second-order valence-corrected chi connectivity index (χ2v) is 8.46. The lowest BCUT2D eigenvalue weighted by Crippen LogP contribution is -1.91. The molecule has 0 fully saturated rings. The molecule has 0 unspecified atom stereocenters. The Kier molecular flexibility index (Phi) is 3.62. The molecule has 0 bridgehead atoms. The highest BCUT2D eigenvalue weighted by Crippen LogP contribution is 2.41. The molecule has 0 aliphatic carbocycles. The Morgan fingerprint density at radius 2 is 1.23 bits per heavy atom. The Labute approximate surface area is 159 Å². The molecule has 0 radical (unpaired) electrons. The third-order valence-corrected chi connectivity index (χ3v) is 6.89. The van der Waals surface area contributed by atoms with Crippen LogP contribution in [-0.4, -0.2) is 9.97 Å². The average Bonchev–Trinajstić information content (AvgIpc) is 3.27. The maximum Gasteiger partial charge on any atom is 0.125 e. The van der Waals surface area contributed by atoms with Crippen LogP contribution in [0.2, 0.25) is 0 Å². The van der Waals surface area contributed by atoms with Crippen molar-refractivity contribution in [1.82, 2.24) is 9.97 Å². The zero-order valence-corrected chi connectivity index (χ0v) is 16.1. The quantitative estimate of drug-likeness (QED) is 0.338. The summed E-state index contributed by atoms with van der Waals surface area (Å²) in [5, 5.41) is 2.13. The fraction of sp³-hybridized carbons (Fsp3) is 0.0909. The SMILES string of the molecule is Cc1ccc(-c2nc3ccccc3s2)c(-c2nc3ccccc3s2)c1C. The molecular formula is C22H16N2S2. The Morgan fingerprint density at radius 1 is 0.654 bits per heavy atom. The maximum absolute atomic E-state index is 4.92. The van der Waals surface area contributed by atoms with E-state index in [1.807, 2.05) is 12.1 Å². The van der Waals surface area contributed by atoms with Gasteiger partial charge in [-0.1, -0.05) is 36.4 Å². The Balaban J connectivity index is 1.79. The highest BCUT2D eigenvalue weighted by molar-refractivity contribution is 7.22. The molecule has 0 atom stereocenters. The molecule has 0 N–H and O–H groups in total. The van der Waals surface area contributed by atoms with Gasteiger partial charge in [0.2, 0.25) is 0 Å². The van der Waals surface area contributed by atoms with Gasteiger partial charge >= 0.3 is 0 Å². The van der Waals surface area contributed by atoms with Gasteiger partial charge in [0.25, 0.3) is 0 Å². The summed E-state index contributed by atoms with van der Waals surface area (Å²) < 4.78 is 2.44. The summed E-state index contributed by atoms with van der Waals surface area (Å²) in [4.78, 5) is 9.81. The average molecular weight is 373 g/mol. The molecule has 2 nitrogen and oxygen atoms in total. The third kappa shape index (κ3) is 2.45. The number of nitrogens with zero attached hydrogens (tertiary/aromatic N) is 2. The smallest absolute Gasteiger partial charge is 0.125 e. The molecule has 3 aromatic carbocycles. The summed E-state index contributed by atoms with van der Waals surface area (Å²) >= 11 is 3.50. The van der Waals surface area contributed by atoms with Crippen molar-refractivity contribution in [2.45, 2.75) is 13.8 Å². The van der Waals surface area contributed by atoms with Crippen LogP contribution in [0.5, 0.6) is 0 Å². The minimum absolute atomic E-state index is 1.06. The van der Waals surface area contributed by atoms with E-state index in [0.29, 0.717) is 0 Å². The Morgan fingerprint density at radius 3 is 1.88 bits per heavy atom. The normalized spacial score (nSPS) is 11.5. The Bertz CT molecular complexity index is 1200. The van der Waals surface area contributed by atoms with Gasteiger partial charge in [-0.25, -0.2) is 9.97 Å². The minimum Gasteiger partial charge on any atom is -0.236 e. The lowest BCUT2D eigenvalue weighted by atomic mass is 9.98. The molecule has 2 heterocycles. The van der Waals surface area contributed by atoms with Crippen LogP contribution in [-0.2, 0) is 0 Å². The zero-order valence-electron chi connectivity index (χ0n) is 14.5. The molecule has 5 aromatic rings. The van der Waals surface area contributed by atoms with Crippen LogP contribution in [0.1, 0.15) is 11.1 Å². The fourth-order valence-electron chi connectivity index (χ4n) is 3.24. The van der Waals surface area contributed by atoms with E-state index in [4.69, 9.17) is 9.97 Å². The topological polar surface area (TPSA) is 25.8 Å². The third-order valence-electron chi connectivity index (χ3n) is 4.77. The molecule has 126 valence electrons. The predicted octanol–water partition coefficient (Wildman–Crippen LogP) is 6.86. The number of fused-ring (bicyclic) bond motifs is 2. The van der Waals surface area contributed by atoms with E-state index in [2.05, 4.69) is 62.4 Å². The first kappa shape index (κ1) is 15.7. The number of thiazole rings is 2. The highest BCUT2D eigenvalue weighted by Gasteiger charge is 2.18. The molecule has 26 heavy (non-hydrogen) atoms. The largest absolute Gasteiger partial charge is 0.236 e. The van der Waals surface area contributed by atoms with E-state index in [0.717, 1.165) is 21.0 Å². The van der Waals surface area contributed by atoms with Crippen LogP contribution in [0.3, 0.4) is 0 Å². The van der Waals surface area contributed by atoms with Crippen molar-refractivity contribution < 1.29 is 0 Å². The monoisotopic (exact) mass is 372 g/mol. The molecule has 2 aromatic heterocycles. The number of hydrogen-bond donors (Lipinski definition) is 0. The van der Waals surface area contributed by atoms with E-state index in [1.54, 1.807) is 22.7 Å². The van der Waals surface area contributed by atoms with Gasteiger partial charge in [-0.15, -0.1) is 22.7 Å². The van der Waals surface area contributed by atoms with Crippen molar-refractivity contribution in [1.29, 1.82) is 0 Å². The lowest BCUT2D eigenvalue weighted by Gasteiger charge is -2.11. The van der Waals surface area contributed by atoms with Gasteiger partial charge in [0, 0.05) is 11.1 Å². The standard InChI is InChI=1S/C22H16N2S2/c1-13-11-12-15(21-23-16-7-3-5-9-18(16)25-21)20(14(13)2)22-24-17-8-4-6-10-19(17)26-22/h3-12H,1-2H3. The van der Waals surface area contributed by atoms with Crippen molar-refractivity contribution in [2.24, 2.45) is 0 Å². The number of hydrogen-bond acceptors (Lipinski definition) is 4. The highest BCUT2D eigenvalue weighted by atomic mass is 32.1. The van der Waals surface area contributed by atoms with Gasteiger partial charge in [0.05, 0.1) is 20.4 Å². The number of aromatic nitrogens is 2. The predicted molar refractivity (Wildman–Crippen MR) is 113 cm³/mol. The number of benzene rings is 3. The van der Waals surface area contributed by atoms with Crippen LogP contribution in [0.15, 0.2) is 60.7 Å². The molecule has 0 saturated heterocycles. The minimum atomic E-state index is 1.06. The van der Waals surface area contributed by atoms with Gasteiger partial charge in [-0.2, -0.15) is 0 Å². The Hall–Kier alpha value is -2.56. The summed E-state index contributed by atoms with van der Waals surface area (Å²) in [6.45, 7) is 4.35. The first-order chi connectivity index (χ1) is 12.7. The van der Waals surface area contributed by atoms with Crippen LogP contribution in [0.25, 0.3) is 41.6 Å². The summed E-state index contributed by atoms with van der Waals surface area (Å²) in [6.07, 6.45) is 0. The first-order valence-corrected chi connectivity index (χ1v) is 10.2. The molecule has 0 saturated carbocycles. The maximum atomic E-state index is 4.92. The van der Waals surface area contributed by atoms with E-state index < -0.39 is 0 Å². The molecule has 4 heteroatoms. The van der Waals surface area contributed by atoms with Crippen molar-refractivity contribution in [3.63, 3.8) is 0 Å². The van der Waals surface area contributed by atoms with Crippen molar-refractivity contribution >= 4 is 43.1 Å². The van der Waals surface area contributed by atoms with Crippen molar-refractivity contribution in [3.8, 4) is 21.1 Å². The molecule has 5 rings (SSSR count). The summed E-state index contributed by atoms with van der Waals surface area (Å²) in [6, 6.07) is 21.0. The summed E-state index contributed by atoms with van der Waals surface area (Å²) in [5.74, 6) is 0. The van der Waals surface area contributed by atoms with Crippen LogP contribution < -0.4 is 0 Å². The van der Waals surface area contributed by atoms with Crippen LogP contribution in [0.4, 0.5) is 0 Å². The van der Waals surface area contributed by atoms with Gasteiger partial charge in [0.1, 0.15) is 10.0 Å². The first-order valence-electron chi connectivity index (χ1n) is 8.53. The molecule has 0 spiro atoms. The van der Waals surface area contributed by atoms with Crippen LogP contribution >= 0.6 is 22.7 Å². The molecular weight excluding hydrogens is 356 g/mol. The van der Waals surface area contributed by atoms with Crippen LogP contribution in [0, 0.1) is 13.8 Å². The molecule has 0 aliphatic rings. The summed E-state index contributed by atoms with van der Waals surface area (Å²) in [5.41, 5.74) is 7.06. The number of rotatable bonds is 2. The second kappa shape index (κ2) is 6.01. The van der Waals surface area contributed by atoms with Crippen molar-refractivity contribution in [2.75, 3.05) is 0 Å². The van der Waals surface area contributed by atoms with E-state index in [-0.39, 0.29) is 0 Å². The zero-order chi connectivity index (χ0) is 17.7. The van der Waals surface area contributed by atoms with Gasteiger partial charge in [-0.05, 0) is 49.2 Å². The number of aryl methyl sites for hydroxylation is 1. The molecule has 0 aliphatic heterocycles. The van der Waals surface area contributed by atoms with E-state index >= 15 is 0 Å². The summed E-state index contributed by atoms with van der Waals surface area (Å²) in [7, 11) is 0. The number of para-hydroxylation sites is 2. The molecule has 0 amide bonds. The van der Waals surface area contributed by atoms with E-state index in [9.17, 15) is 0 Å². The van der Waals surface area contributed by atoms with Gasteiger partial charge in [-0.3, -0.25) is 0 Å². The van der Waals surface area contributed by atoms with E-state index in [1.165, 1.54) is 31.7 Å². The van der Waals surface area contributed by atoms with Crippen molar-refractivity contribution in [3.05, 3.63) is 71.8 Å². The fourth-order valence-corrected chi connectivity index (χ4v) is 5.32. The second-order valence-electron chi connectivity index (χ2n) is 6.40. The lowest BCUT2D eigenvalue weighted by molar-refractivity contribution is 1.32.